The molecule has 5 rings (SSSR count). The summed E-state index contributed by atoms with van der Waals surface area (Å²) in [7, 11) is -3.66. The second kappa shape index (κ2) is 11.9. The van der Waals surface area contributed by atoms with E-state index in [9.17, 15) is 9.69 Å². The molecule has 0 bridgehead atoms. The van der Waals surface area contributed by atoms with Crippen LogP contribution in [-0.2, 0) is 16.0 Å². The molecule has 0 amide bonds. The first kappa shape index (κ1) is 26.7. The number of para-hydroxylation sites is 2. The molecule has 4 aromatic carbocycles. The Hall–Kier alpha value is -3.92. The van der Waals surface area contributed by atoms with E-state index < -0.39 is 13.7 Å². The van der Waals surface area contributed by atoms with Gasteiger partial charge in [-0.15, -0.1) is 0 Å². The monoisotopic (exact) mass is 538 g/mol. The Bertz CT molecular complexity index is 1370. The first-order valence-electron chi connectivity index (χ1n) is 13.4. The van der Waals surface area contributed by atoms with Gasteiger partial charge in [0.15, 0.2) is 0 Å². The molecule has 1 heterocycles. The van der Waals surface area contributed by atoms with Gasteiger partial charge in [-0.3, -0.25) is 0 Å². The topological polar surface area (TPSA) is 53.0 Å². The fourth-order valence-electron chi connectivity index (χ4n) is 5.48. The van der Waals surface area contributed by atoms with Crippen molar-refractivity contribution in [3.63, 3.8) is 0 Å². The van der Waals surface area contributed by atoms with Crippen molar-refractivity contribution >= 4 is 25.1 Å². The van der Waals surface area contributed by atoms with E-state index in [-0.39, 0.29) is 12.6 Å². The third-order valence-electron chi connectivity index (χ3n) is 7.38. The zero-order valence-electron chi connectivity index (χ0n) is 22.2. The van der Waals surface area contributed by atoms with E-state index in [1.54, 1.807) is 0 Å². The van der Waals surface area contributed by atoms with Crippen LogP contribution in [-0.4, -0.2) is 30.6 Å². The average molecular weight is 539 g/mol. The Balaban J connectivity index is 1.59. The van der Waals surface area contributed by atoms with Gasteiger partial charge >= 0.3 is 232 Å². The van der Waals surface area contributed by atoms with Crippen LogP contribution in [0.2, 0.25) is 0 Å². The number of esters is 1. The molecule has 5 nitrogen and oxygen atoms in total. The molecule has 200 valence electrons. The molecule has 1 aliphatic heterocycles. The second-order valence-corrected chi connectivity index (χ2v) is 12.7. The van der Waals surface area contributed by atoms with Crippen LogP contribution in [0.3, 0.4) is 0 Å². The quantitative estimate of drug-likeness (QED) is 0.182. The van der Waals surface area contributed by atoms with Crippen LogP contribution in [0.1, 0.15) is 12.5 Å². The summed E-state index contributed by atoms with van der Waals surface area (Å²) < 4.78 is 9.74. The summed E-state index contributed by atoms with van der Waals surface area (Å²) in [4.78, 5) is 26.4. The molecular weight excluding hydrogens is 503 g/mol. The van der Waals surface area contributed by atoms with E-state index in [4.69, 9.17) is 4.74 Å². The standard InChI is InChI=1S/C33H35N2O3P/c1-3-38-33(36)32(25-28-17-13-14-22-31(28)27-15-7-4-8-16-27)26(2)39(37)34(29-18-9-5-10-19-29)23-24-35(39)30-20-11-6-12-21-30/h4-22,32,37,39H,2-3,23-25H2,1H3. The number of hydrogen-bond donors (Lipinski definition) is 1. The second-order valence-electron chi connectivity index (χ2n) is 9.67. The Morgan fingerprint density at radius 2 is 1.31 bits per heavy atom. The predicted octanol–water partition coefficient (Wildman–Crippen LogP) is 7.10. The van der Waals surface area contributed by atoms with E-state index in [0.29, 0.717) is 24.8 Å². The van der Waals surface area contributed by atoms with E-state index in [2.05, 4.69) is 34.1 Å². The molecule has 1 N–H and O–H groups in total. The van der Waals surface area contributed by atoms with Gasteiger partial charge in [-0.25, -0.2) is 0 Å². The fourth-order valence-corrected chi connectivity index (χ4v) is 9.00. The van der Waals surface area contributed by atoms with Crippen molar-refractivity contribution in [1.82, 2.24) is 0 Å². The van der Waals surface area contributed by atoms with Crippen molar-refractivity contribution in [1.29, 1.82) is 0 Å². The SMILES string of the molecule is C=C(C(Cc1ccccc1-c1ccccc1)C(=O)OCC)[PH]1(O)N(c2ccccc2)CCN1c1ccccc1. The molecule has 4 aromatic rings. The van der Waals surface area contributed by atoms with Gasteiger partial charge in [-0.1, -0.05) is 0 Å². The zero-order valence-corrected chi connectivity index (χ0v) is 23.2. The number of rotatable bonds is 9. The molecule has 0 saturated carbocycles. The molecule has 1 atom stereocenters. The molecule has 0 aromatic heterocycles. The molecule has 0 spiro atoms. The van der Waals surface area contributed by atoms with Crippen molar-refractivity contribution in [2.45, 2.75) is 13.3 Å². The van der Waals surface area contributed by atoms with Crippen LogP contribution < -0.4 is 9.34 Å². The summed E-state index contributed by atoms with van der Waals surface area (Å²) in [5.74, 6) is -1.08. The summed E-state index contributed by atoms with van der Waals surface area (Å²) in [6.45, 7) is 7.80. The Kier molecular flexibility index (Phi) is 8.11. The molecule has 1 saturated heterocycles. The molecular formula is C33H35N2O3P. The van der Waals surface area contributed by atoms with Crippen molar-refractivity contribution < 1.29 is 14.4 Å². The number of benzene rings is 4. The van der Waals surface area contributed by atoms with Gasteiger partial charge in [0.05, 0.1) is 0 Å². The average Bonchev–Trinajstić information content (AvgIpc) is 3.35. The number of anilines is 2. The number of carbonyl (C=O) groups is 1. The predicted molar refractivity (Wildman–Crippen MR) is 163 cm³/mol. The van der Waals surface area contributed by atoms with Crippen molar-refractivity contribution in [2.24, 2.45) is 5.92 Å². The fraction of sp³-hybridized carbons (Fsp3) is 0.182. The van der Waals surface area contributed by atoms with Crippen molar-refractivity contribution in [2.75, 3.05) is 29.0 Å². The number of hydrogen-bond acceptors (Lipinski definition) is 5. The van der Waals surface area contributed by atoms with Crippen LogP contribution in [0.25, 0.3) is 11.1 Å². The zero-order chi connectivity index (χ0) is 27.2. The van der Waals surface area contributed by atoms with Gasteiger partial charge in [0.1, 0.15) is 0 Å². The summed E-state index contributed by atoms with van der Waals surface area (Å²) >= 11 is 0. The van der Waals surface area contributed by atoms with Gasteiger partial charge in [0.25, 0.3) is 0 Å². The minimum atomic E-state index is -3.66. The number of nitrogens with zero attached hydrogens (tertiary/aromatic N) is 2. The molecule has 6 heteroatoms. The molecule has 1 aliphatic rings. The van der Waals surface area contributed by atoms with Crippen LogP contribution in [0.15, 0.2) is 127 Å². The van der Waals surface area contributed by atoms with E-state index in [0.717, 1.165) is 28.1 Å². The summed E-state index contributed by atoms with van der Waals surface area (Å²) in [5, 5.41) is 0.522. The van der Waals surface area contributed by atoms with Crippen molar-refractivity contribution in [3.05, 3.63) is 133 Å². The Morgan fingerprint density at radius 1 is 0.821 bits per heavy atom. The third-order valence-corrected chi connectivity index (χ3v) is 11.1. The van der Waals surface area contributed by atoms with Gasteiger partial charge in [-0.05, 0) is 0 Å². The summed E-state index contributed by atoms with van der Waals surface area (Å²) in [5.41, 5.74) is 4.98. The normalized spacial score (nSPS) is 15.9. The van der Waals surface area contributed by atoms with Gasteiger partial charge < -0.3 is 0 Å². The van der Waals surface area contributed by atoms with E-state index in [1.807, 2.05) is 104 Å². The molecule has 0 radical (unpaired) electrons. The number of ether oxygens (including phenoxy) is 1. The molecule has 39 heavy (non-hydrogen) atoms. The molecule has 1 fully saturated rings. The van der Waals surface area contributed by atoms with Crippen LogP contribution in [0.4, 0.5) is 11.4 Å². The van der Waals surface area contributed by atoms with Gasteiger partial charge in [0, 0.05) is 0 Å². The van der Waals surface area contributed by atoms with E-state index in [1.165, 1.54) is 0 Å². The van der Waals surface area contributed by atoms with Gasteiger partial charge in [0.2, 0.25) is 0 Å². The molecule has 1 unspecified atom stereocenters. The first-order valence-corrected chi connectivity index (χ1v) is 15.2. The number of carbonyl (C=O) groups excluding carboxylic acids is 1. The van der Waals surface area contributed by atoms with Crippen molar-refractivity contribution in [3.8, 4) is 11.1 Å². The maximum absolute atomic E-state index is 13.6. The first-order chi connectivity index (χ1) is 19.0. The van der Waals surface area contributed by atoms with Gasteiger partial charge in [-0.2, -0.15) is 0 Å². The summed E-state index contributed by atoms with van der Waals surface area (Å²) in [6, 6.07) is 38.1. The Labute approximate surface area is 231 Å². The third kappa shape index (κ3) is 5.34. The Morgan fingerprint density at radius 3 is 1.85 bits per heavy atom. The molecule has 0 aliphatic carbocycles. The maximum atomic E-state index is 13.6. The van der Waals surface area contributed by atoms with Crippen LogP contribution in [0, 0.1) is 5.92 Å². The van der Waals surface area contributed by atoms with Crippen LogP contribution in [0.5, 0.6) is 0 Å². The minimum absolute atomic E-state index is 0.258. The summed E-state index contributed by atoms with van der Waals surface area (Å²) in [6.07, 6.45) is 0.378. The van der Waals surface area contributed by atoms with E-state index >= 15 is 0 Å². The van der Waals surface area contributed by atoms with Crippen LogP contribution >= 0.6 is 7.79 Å².